The molecular formula is C18H26O3. The van der Waals surface area contributed by atoms with Gasteiger partial charge < -0.3 is 9.84 Å². The Morgan fingerprint density at radius 2 is 2.00 bits per heavy atom. The van der Waals surface area contributed by atoms with E-state index in [1.165, 1.54) is 6.42 Å². The molecule has 1 N–H and O–H groups in total. The number of aliphatic hydroxyl groups is 1. The average Bonchev–Trinajstić information content (AvgIpc) is 2.76. The molecule has 3 aliphatic carbocycles. The summed E-state index contributed by atoms with van der Waals surface area (Å²) in [4.78, 5) is 11.6. The number of rotatable bonds is 0. The number of allylic oxidation sites excluding steroid dienone is 2. The second kappa shape index (κ2) is 4.34. The van der Waals surface area contributed by atoms with Crippen LogP contribution in [0.25, 0.3) is 0 Å². The third kappa shape index (κ3) is 1.73. The van der Waals surface area contributed by atoms with Gasteiger partial charge in [-0.25, -0.2) is 0 Å². The van der Waals surface area contributed by atoms with Gasteiger partial charge in [-0.2, -0.15) is 0 Å². The Morgan fingerprint density at radius 1 is 1.19 bits per heavy atom. The smallest absolute Gasteiger partial charge is 0.310 e. The van der Waals surface area contributed by atoms with Gasteiger partial charge in [0.05, 0.1) is 6.10 Å². The Labute approximate surface area is 126 Å². The molecule has 0 unspecified atom stereocenters. The zero-order valence-electron chi connectivity index (χ0n) is 13.1. The second-order valence-corrected chi connectivity index (χ2v) is 8.21. The fraction of sp³-hybridized carbons (Fsp3) is 0.833. The maximum Gasteiger partial charge on any atom is 0.310 e. The maximum atomic E-state index is 11.6. The minimum atomic E-state index is -0.120. The summed E-state index contributed by atoms with van der Waals surface area (Å²) in [5.41, 5.74) is 0.167. The molecule has 3 nitrogen and oxygen atoms in total. The Hall–Kier alpha value is -0.830. The Balaban J connectivity index is 1.69. The number of carbonyl (C=O) groups is 1. The van der Waals surface area contributed by atoms with Crippen LogP contribution in [0.2, 0.25) is 0 Å². The first-order chi connectivity index (χ1) is 9.95. The van der Waals surface area contributed by atoms with Crippen LogP contribution in [0.4, 0.5) is 0 Å². The summed E-state index contributed by atoms with van der Waals surface area (Å²) in [7, 11) is 0. The summed E-state index contributed by atoms with van der Waals surface area (Å²) >= 11 is 0. The van der Waals surface area contributed by atoms with Gasteiger partial charge in [0, 0.05) is 11.8 Å². The first kappa shape index (κ1) is 13.8. The second-order valence-electron chi connectivity index (χ2n) is 8.21. The molecule has 116 valence electrons. The summed E-state index contributed by atoms with van der Waals surface area (Å²) in [6.07, 6.45) is 9.00. The predicted octanol–water partition coefficient (Wildman–Crippen LogP) is 3.42. The fourth-order valence-electron chi connectivity index (χ4n) is 6.04. The molecular weight excluding hydrogens is 264 g/mol. The maximum absolute atomic E-state index is 11.6. The van der Waals surface area contributed by atoms with Crippen molar-refractivity contribution in [3.8, 4) is 0 Å². The molecule has 0 amide bonds. The molecule has 21 heavy (non-hydrogen) atoms. The zero-order chi connectivity index (χ0) is 14.8. The molecule has 0 aromatic heterocycles. The van der Waals surface area contributed by atoms with Crippen molar-refractivity contribution in [3.63, 3.8) is 0 Å². The lowest BCUT2D eigenvalue weighted by Gasteiger charge is -2.56. The lowest BCUT2D eigenvalue weighted by molar-refractivity contribution is -0.152. The van der Waals surface area contributed by atoms with Crippen molar-refractivity contribution in [2.45, 2.75) is 64.9 Å². The van der Waals surface area contributed by atoms with E-state index in [4.69, 9.17) is 4.74 Å². The molecule has 4 aliphatic rings. The van der Waals surface area contributed by atoms with Crippen LogP contribution in [0.15, 0.2) is 11.8 Å². The first-order valence-corrected chi connectivity index (χ1v) is 8.54. The van der Waals surface area contributed by atoms with Crippen LogP contribution in [0.5, 0.6) is 0 Å². The van der Waals surface area contributed by atoms with Gasteiger partial charge in [-0.3, -0.25) is 4.79 Å². The van der Waals surface area contributed by atoms with Crippen molar-refractivity contribution >= 4 is 5.97 Å². The number of aliphatic hydroxyl groups excluding tert-OH is 1. The molecule has 3 heteroatoms. The minimum absolute atomic E-state index is 0.0473. The summed E-state index contributed by atoms with van der Waals surface area (Å²) in [6, 6.07) is 0. The SMILES string of the molecule is C[C@]12CC[C@H]3[C@@H](CC=C4OC(=O)CC[C@@]43C)[C@@H]1CC[C@@H]2O. The van der Waals surface area contributed by atoms with E-state index in [0.717, 1.165) is 37.9 Å². The fourth-order valence-corrected chi connectivity index (χ4v) is 6.04. The summed E-state index contributed by atoms with van der Waals surface area (Å²) in [5, 5.41) is 10.4. The van der Waals surface area contributed by atoms with Crippen molar-refractivity contribution < 1.29 is 14.6 Å². The van der Waals surface area contributed by atoms with E-state index in [9.17, 15) is 9.90 Å². The number of carbonyl (C=O) groups excluding carboxylic acids is 1. The molecule has 6 atom stereocenters. The molecule has 0 bridgehead atoms. The molecule has 4 rings (SSSR count). The topological polar surface area (TPSA) is 46.5 Å². The molecule has 3 fully saturated rings. The van der Waals surface area contributed by atoms with Gasteiger partial charge in [0.15, 0.2) is 0 Å². The third-order valence-electron chi connectivity index (χ3n) is 7.42. The van der Waals surface area contributed by atoms with Gasteiger partial charge in [0.25, 0.3) is 0 Å². The van der Waals surface area contributed by atoms with Crippen LogP contribution < -0.4 is 0 Å². The van der Waals surface area contributed by atoms with Crippen molar-refractivity contribution in [2.24, 2.45) is 28.6 Å². The monoisotopic (exact) mass is 290 g/mol. The van der Waals surface area contributed by atoms with E-state index in [1.807, 2.05) is 0 Å². The van der Waals surface area contributed by atoms with Crippen molar-refractivity contribution in [3.05, 3.63) is 11.8 Å². The van der Waals surface area contributed by atoms with E-state index >= 15 is 0 Å². The first-order valence-electron chi connectivity index (χ1n) is 8.54. The summed E-state index contributed by atoms with van der Waals surface area (Å²) in [6.45, 7) is 4.60. The zero-order valence-corrected chi connectivity index (χ0v) is 13.1. The van der Waals surface area contributed by atoms with Gasteiger partial charge >= 0.3 is 5.97 Å². The van der Waals surface area contributed by atoms with Crippen LogP contribution in [0, 0.1) is 28.6 Å². The van der Waals surface area contributed by atoms with E-state index < -0.39 is 0 Å². The highest BCUT2D eigenvalue weighted by Gasteiger charge is 2.59. The highest BCUT2D eigenvalue weighted by atomic mass is 16.5. The largest absolute Gasteiger partial charge is 0.431 e. The molecule has 0 spiro atoms. The summed E-state index contributed by atoms with van der Waals surface area (Å²) < 4.78 is 5.57. The van der Waals surface area contributed by atoms with E-state index in [0.29, 0.717) is 24.2 Å². The number of hydrogen-bond acceptors (Lipinski definition) is 3. The standard InChI is InChI=1S/C18H26O3/c1-17-9-7-13-11(12(17)4-5-14(17)19)3-6-15-18(13,2)10-8-16(20)21-15/h6,11-14,19H,3-5,7-10H2,1-2H3/t11-,12-,13-,14-,17-,18+/m0/s1. The Morgan fingerprint density at radius 3 is 2.81 bits per heavy atom. The summed E-state index contributed by atoms with van der Waals surface area (Å²) in [5.74, 6) is 2.80. The van der Waals surface area contributed by atoms with Gasteiger partial charge in [-0.05, 0) is 67.8 Å². The van der Waals surface area contributed by atoms with Gasteiger partial charge in [-0.15, -0.1) is 0 Å². The number of esters is 1. The van der Waals surface area contributed by atoms with Gasteiger partial charge in [0.2, 0.25) is 0 Å². The molecule has 0 aromatic carbocycles. The van der Waals surface area contributed by atoms with Crippen molar-refractivity contribution in [1.29, 1.82) is 0 Å². The number of ether oxygens (including phenoxy) is 1. The van der Waals surface area contributed by atoms with Crippen LogP contribution in [-0.4, -0.2) is 17.2 Å². The highest BCUT2D eigenvalue weighted by Crippen LogP contribution is 2.64. The minimum Gasteiger partial charge on any atom is -0.431 e. The van der Waals surface area contributed by atoms with E-state index in [2.05, 4.69) is 19.9 Å². The van der Waals surface area contributed by atoms with Gasteiger partial charge in [0.1, 0.15) is 5.76 Å². The molecule has 0 radical (unpaired) electrons. The molecule has 1 saturated heterocycles. The van der Waals surface area contributed by atoms with Crippen molar-refractivity contribution in [2.75, 3.05) is 0 Å². The van der Waals surface area contributed by atoms with Crippen LogP contribution >= 0.6 is 0 Å². The van der Waals surface area contributed by atoms with Crippen LogP contribution in [0.1, 0.15) is 58.8 Å². The van der Waals surface area contributed by atoms with E-state index in [-0.39, 0.29) is 22.9 Å². The van der Waals surface area contributed by atoms with Crippen LogP contribution in [-0.2, 0) is 9.53 Å². The van der Waals surface area contributed by atoms with E-state index in [1.54, 1.807) is 0 Å². The predicted molar refractivity (Wildman–Crippen MR) is 79.2 cm³/mol. The van der Waals surface area contributed by atoms with Crippen molar-refractivity contribution in [1.82, 2.24) is 0 Å². The number of hydrogen-bond donors (Lipinski definition) is 1. The molecule has 2 saturated carbocycles. The number of fused-ring (bicyclic) bond motifs is 5. The quantitative estimate of drug-likeness (QED) is 0.695. The lowest BCUT2D eigenvalue weighted by Crippen LogP contribution is -2.51. The van der Waals surface area contributed by atoms with Crippen LogP contribution in [0.3, 0.4) is 0 Å². The molecule has 1 heterocycles. The molecule has 1 aliphatic heterocycles. The average molecular weight is 290 g/mol. The third-order valence-corrected chi connectivity index (χ3v) is 7.42. The Bertz CT molecular complexity index is 511. The Kier molecular flexibility index (Phi) is 2.86. The lowest BCUT2D eigenvalue weighted by atomic mass is 9.50. The molecule has 0 aromatic rings. The van der Waals surface area contributed by atoms with Gasteiger partial charge in [-0.1, -0.05) is 13.8 Å². The highest BCUT2D eigenvalue weighted by molar-refractivity contribution is 5.72. The normalized spacial score (nSPS) is 52.3.